The lowest BCUT2D eigenvalue weighted by Gasteiger charge is -2.43. The predicted molar refractivity (Wildman–Crippen MR) is 77.2 cm³/mol. The van der Waals surface area contributed by atoms with Gasteiger partial charge >= 0.3 is 17.9 Å². The van der Waals surface area contributed by atoms with Crippen molar-refractivity contribution in [1.82, 2.24) is 0 Å². The fourth-order valence-electron chi connectivity index (χ4n) is 2.11. The molecule has 1 saturated heterocycles. The topological polar surface area (TPSA) is 97.4 Å². The minimum atomic E-state index is -1.69. The Kier molecular flexibility index (Phi) is 6.52. The predicted octanol–water partition coefficient (Wildman–Crippen LogP) is 0.671. The van der Waals surface area contributed by atoms with Crippen LogP contribution in [-0.2, 0) is 38.1 Å². The molecule has 0 aliphatic carbocycles. The summed E-state index contributed by atoms with van der Waals surface area (Å²) in [6.07, 6.45) is 0. The summed E-state index contributed by atoms with van der Waals surface area (Å²) in [5.74, 6) is -4.12. The number of hydrogen-bond acceptors (Lipinski definition) is 8. The molecule has 8 heteroatoms. The lowest BCUT2D eigenvalue weighted by Crippen LogP contribution is -2.59. The maximum atomic E-state index is 12.2. The van der Waals surface area contributed by atoms with Gasteiger partial charge in [0, 0.05) is 0 Å². The van der Waals surface area contributed by atoms with Crippen molar-refractivity contribution in [1.29, 1.82) is 0 Å². The van der Waals surface area contributed by atoms with Crippen LogP contribution in [0.3, 0.4) is 0 Å². The Bertz CT molecular complexity index is 430. The second-order valence-corrected chi connectivity index (χ2v) is 5.36. The van der Waals surface area contributed by atoms with Crippen LogP contribution in [0.1, 0.15) is 27.7 Å². The van der Waals surface area contributed by atoms with Crippen molar-refractivity contribution in [3.8, 4) is 0 Å². The van der Waals surface area contributed by atoms with Gasteiger partial charge in [-0.15, -0.1) is 0 Å². The summed E-state index contributed by atoms with van der Waals surface area (Å²) in [5.41, 5.74) is -1.69. The monoisotopic (exact) mass is 332 g/mol. The third kappa shape index (κ3) is 3.81. The smallest absolute Gasteiger partial charge is 0.328 e. The van der Waals surface area contributed by atoms with Crippen LogP contribution in [0.4, 0.5) is 0 Å². The molecule has 132 valence electrons. The van der Waals surface area contributed by atoms with Crippen LogP contribution in [0.2, 0.25) is 0 Å². The highest BCUT2D eigenvalue weighted by molar-refractivity contribution is 6.00. The zero-order valence-corrected chi connectivity index (χ0v) is 14.2. The molecule has 0 spiro atoms. The van der Waals surface area contributed by atoms with Gasteiger partial charge in [-0.25, -0.2) is 0 Å². The highest BCUT2D eigenvalue weighted by atomic mass is 16.7. The number of esters is 3. The first-order valence-electron chi connectivity index (χ1n) is 7.47. The van der Waals surface area contributed by atoms with Gasteiger partial charge in [0.15, 0.2) is 5.79 Å². The summed E-state index contributed by atoms with van der Waals surface area (Å²) >= 11 is 0. The second kappa shape index (κ2) is 7.74. The second-order valence-electron chi connectivity index (χ2n) is 5.36. The van der Waals surface area contributed by atoms with Crippen molar-refractivity contribution < 1.29 is 38.1 Å². The van der Waals surface area contributed by atoms with Crippen molar-refractivity contribution in [3.05, 3.63) is 0 Å². The highest BCUT2D eigenvalue weighted by Gasteiger charge is 2.57. The van der Waals surface area contributed by atoms with E-state index in [0.29, 0.717) is 0 Å². The van der Waals surface area contributed by atoms with Crippen molar-refractivity contribution in [2.24, 2.45) is 11.3 Å². The van der Waals surface area contributed by atoms with Gasteiger partial charge in [-0.05, 0) is 27.7 Å². The van der Waals surface area contributed by atoms with Crippen LogP contribution in [0.15, 0.2) is 0 Å². The van der Waals surface area contributed by atoms with Crippen LogP contribution in [0, 0.1) is 11.3 Å². The van der Waals surface area contributed by atoms with E-state index in [4.69, 9.17) is 18.9 Å². The summed E-state index contributed by atoms with van der Waals surface area (Å²) < 4.78 is 25.7. The molecule has 0 saturated carbocycles. The van der Waals surface area contributed by atoms with Gasteiger partial charge in [0.1, 0.15) is 5.92 Å². The zero-order valence-electron chi connectivity index (χ0n) is 14.2. The maximum Gasteiger partial charge on any atom is 0.328 e. The SMILES string of the molecule is CCOC(=O)C1(C(=O)OCC)COC(C)(C(C)C(=O)OC)OC1. The lowest BCUT2D eigenvalue weighted by atomic mass is 9.87. The van der Waals surface area contributed by atoms with Crippen LogP contribution in [0.5, 0.6) is 0 Å². The minimum Gasteiger partial charge on any atom is -0.469 e. The average molecular weight is 332 g/mol. The van der Waals surface area contributed by atoms with E-state index in [-0.39, 0.29) is 26.4 Å². The van der Waals surface area contributed by atoms with Crippen LogP contribution in [0.25, 0.3) is 0 Å². The number of rotatable bonds is 6. The fourth-order valence-corrected chi connectivity index (χ4v) is 2.11. The number of hydrogen-bond donors (Lipinski definition) is 0. The van der Waals surface area contributed by atoms with E-state index in [9.17, 15) is 14.4 Å². The van der Waals surface area contributed by atoms with E-state index in [2.05, 4.69) is 4.74 Å². The van der Waals surface area contributed by atoms with Gasteiger partial charge in [0.05, 0.1) is 33.5 Å². The third-order valence-corrected chi connectivity index (χ3v) is 3.88. The molecule has 0 N–H and O–H groups in total. The number of carbonyl (C=O) groups excluding carboxylic acids is 3. The Morgan fingerprint density at radius 1 is 1.04 bits per heavy atom. The van der Waals surface area contributed by atoms with Crippen LogP contribution < -0.4 is 0 Å². The molecule has 1 rings (SSSR count). The first-order valence-corrected chi connectivity index (χ1v) is 7.47. The molecule has 0 radical (unpaired) electrons. The summed E-state index contributed by atoms with van der Waals surface area (Å²) in [6, 6.07) is 0. The maximum absolute atomic E-state index is 12.2. The van der Waals surface area contributed by atoms with Gasteiger partial charge in [0.2, 0.25) is 5.41 Å². The minimum absolute atomic E-state index is 0.107. The molecule has 1 aliphatic rings. The van der Waals surface area contributed by atoms with E-state index in [1.165, 1.54) is 7.11 Å². The quantitative estimate of drug-likeness (QED) is 0.398. The zero-order chi connectivity index (χ0) is 17.7. The molecule has 0 amide bonds. The molecule has 1 fully saturated rings. The molecule has 1 heterocycles. The van der Waals surface area contributed by atoms with Crippen LogP contribution in [-0.4, -0.2) is 57.2 Å². The summed E-state index contributed by atoms with van der Waals surface area (Å²) in [6.45, 7) is 5.99. The van der Waals surface area contributed by atoms with Crippen molar-refractivity contribution in [3.63, 3.8) is 0 Å². The molecule has 1 atom stereocenters. The standard InChI is InChI=1S/C15H24O8/c1-6-20-12(17)15(13(18)21-7-2)8-22-14(4,23-9-15)10(3)11(16)19-5/h10H,6-9H2,1-5H3. The number of ether oxygens (including phenoxy) is 5. The molecular formula is C15H24O8. The first kappa shape index (κ1) is 19.4. The molecule has 0 aromatic carbocycles. The number of methoxy groups -OCH3 is 1. The number of carbonyl (C=O) groups is 3. The molecule has 0 bridgehead atoms. The normalized spacial score (nSPS) is 20.2. The lowest BCUT2D eigenvalue weighted by molar-refractivity contribution is -0.308. The molecular weight excluding hydrogens is 308 g/mol. The Labute approximate surface area is 135 Å². The molecule has 1 aliphatic heterocycles. The van der Waals surface area contributed by atoms with Crippen molar-refractivity contribution in [2.45, 2.75) is 33.5 Å². The van der Waals surface area contributed by atoms with Gasteiger partial charge in [-0.1, -0.05) is 0 Å². The van der Waals surface area contributed by atoms with Crippen molar-refractivity contribution >= 4 is 17.9 Å². The van der Waals surface area contributed by atoms with Crippen LogP contribution >= 0.6 is 0 Å². The first-order chi connectivity index (χ1) is 10.8. The average Bonchev–Trinajstić information content (AvgIpc) is 2.54. The van der Waals surface area contributed by atoms with Gasteiger partial charge in [-0.2, -0.15) is 0 Å². The molecule has 23 heavy (non-hydrogen) atoms. The van der Waals surface area contributed by atoms with E-state index in [1.54, 1.807) is 27.7 Å². The fraction of sp³-hybridized carbons (Fsp3) is 0.800. The summed E-state index contributed by atoms with van der Waals surface area (Å²) in [5, 5.41) is 0. The Balaban J connectivity index is 2.97. The van der Waals surface area contributed by atoms with E-state index in [0.717, 1.165) is 0 Å². The van der Waals surface area contributed by atoms with Gasteiger partial charge < -0.3 is 23.7 Å². The summed E-state index contributed by atoms with van der Waals surface area (Å²) in [4.78, 5) is 36.2. The Morgan fingerprint density at radius 3 is 1.83 bits per heavy atom. The largest absolute Gasteiger partial charge is 0.469 e. The Morgan fingerprint density at radius 2 is 1.48 bits per heavy atom. The molecule has 0 aromatic rings. The molecule has 8 nitrogen and oxygen atoms in total. The Hall–Kier alpha value is -1.67. The molecule has 0 aromatic heterocycles. The third-order valence-electron chi connectivity index (χ3n) is 3.88. The van der Waals surface area contributed by atoms with Gasteiger partial charge in [0.25, 0.3) is 0 Å². The van der Waals surface area contributed by atoms with E-state index < -0.39 is 35.0 Å². The van der Waals surface area contributed by atoms with Gasteiger partial charge in [-0.3, -0.25) is 14.4 Å². The van der Waals surface area contributed by atoms with E-state index in [1.807, 2.05) is 0 Å². The van der Waals surface area contributed by atoms with E-state index >= 15 is 0 Å². The molecule has 1 unspecified atom stereocenters. The summed E-state index contributed by atoms with van der Waals surface area (Å²) in [7, 11) is 1.26. The highest BCUT2D eigenvalue weighted by Crippen LogP contribution is 2.36. The van der Waals surface area contributed by atoms with Crippen molar-refractivity contribution in [2.75, 3.05) is 33.5 Å².